The quantitative estimate of drug-likeness (QED) is 0.758. The highest BCUT2D eigenvalue weighted by atomic mass is 16.3. The summed E-state index contributed by atoms with van der Waals surface area (Å²) in [6, 6.07) is 21.3. The summed E-state index contributed by atoms with van der Waals surface area (Å²) in [5, 5.41) is 10.6. The van der Waals surface area contributed by atoms with E-state index in [4.69, 9.17) is 0 Å². The van der Waals surface area contributed by atoms with Crippen molar-refractivity contribution >= 4 is 5.69 Å². The molecule has 26 heavy (non-hydrogen) atoms. The van der Waals surface area contributed by atoms with E-state index in [1.165, 1.54) is 30.5 Å². The molecule has 1 heterocycles. The van der Waals surface area contributed by atoms with Crippen LogP contribution in [0.5, 0.6) is 0 Å². The van der Waals surface area contributed by atoms with Crippen LogP contribution in [0.25, 0.3) is 0 Å². The molecule has 1 N–H and O–H groups in total. The van der Waals surface area contributed by atoms with E-state index in [2.05, 4.69) is 77.5 Å². The van der Waals surface area contributed by atoms with Gasteiger partial charge in [0.25, 0.3) is 0 Å². The number of hydrogen-bond acceptors (Lipinski definition) is 3. The first-order chi connectivity index (χ1) is 12.7. The molecule has 0 aromatic heterocycles. The number of aliphatic hydroxyl groups is 1. The fraction of sp³-hybridized carbons (Fsp3) is 0.478. The second-order valence-electron chi connectivity index (χ2n) is 7.48. The normalized spacial score (nSPS) is 17.6. The van der Waals surface area contributed by atoms with Gasteiger partial charge in [0.15, 0.2) is 0 Å². The van der Waals surface area contributed by atoms with E-state index in [9.17, 15) is 5.11 Å². The number of likely N-dealkylation sites (tertiary alicyclic amines) is 1. The van der Waals surface area contributed by atoms with Gasteiger partial charge < -0.3 is 10.0 Å². The third-order valence-electron chi connectivity index (χ3n) is 5.55. The van der Waals surface area contributed by atoms with Crippen LogP contribution in [0.4, 0.5) is 5.69 Å². The third kappa shape index (κ3) is 5.33. The number of nitrogens with zero attached hydrogens (tertiary/aromatic N) is 2. The lowest BCUT2D eigenvalue weighted by Gasteiger charge is -2.32. The highest BCUT2D eigenvalue weighted by molar-refractivity contribution is 5.45. The first kappa shape index (κ1) is 18.9. The van der Waals surface area contributed by atoms with Gasteiger partial charge in [0.05, 0.1) is 0 Å². The van der Waals surface area contributed by atoms with E-state index >= 15 is 0 Å². The van der Waals surface area contributed by atoms with Crippen molar-refractivity contribution in [2.75, 3.05) is 31.6 Å². The lowest BCUT2D eigenvalue weighted by Crippen LogP contribution is -2.39. The topological polar surface area (TPSA) is 26.7 Å². The maximum absolute atomic E-state index is 10.6. The molecule has 2 aromatic rings. The van der Waals surface area contributed by atoms with Gasteiger partial charge in [-0.25, -0.2) is 0 Å². The van der Waals surface area contributed by atoms with E-state index in [1.54, 1.807) is 0 Å². The minimum atomic E-state index is -0.302. The van der Waals surface area contributed by atoms with E-state index in [0.29, 0.717) is 5.92 Å². The van der Waals surface area contributed by atoms with E-state index in [0.717, 1.165) is 32.5 Å². The van der Waals surface area contributed by atoms with Gasteiger partial charge in [0, 0.05) is 38.3 Å². The van der Waals surface area contributed by atoms with Crippen LogP contribution in [0.1, 0.15) is 43.6 Å². The maximum Gasteiger partial charge on any atom is 0.107 e. The molecule has 0 radical (unpaired) electrons. The average Bonchev–Trinajstić information content (AvgIpc) is 2.72. The molecule has 2 aromatic carbocycles. The number of likely N-dealkylation sites (N-methyl/N-ethyl adjacent to an activating group) is 1. The van der Waals surface area contributed by atoms with Crippen LogP contribution in [0.2, 0.25) is 0 Å². The second kappa shape index (κ2) is 9.75. The van der Waals surface area contributed by atoms with E-state index < -0.39 is 0 Å². The zero-order chi connectivity index (χ0) is 18.2. The summed E-state index contributed by atoms with van der Waals surface area (Å²) in [6.45, 7) is 3.04. The van der Waals surface area contributed by atoms with Crippen molar-refractivity contribution in [2.45, 2.75) is 44.2 Å². The molecular formula is C23H32N2O. The SMILES string of the molecule is CN(CC(CCC(O)N1CCCCC1)c1ccccc1)c1ccccc1. The number of hydrogen-bond donors (Lipinski definition) is 1. The van der Waals surface area contributed by atoms with E-state index in [-0.39, 0.29) is 6.23 Å². The smallest absolute Gasteiger partial charge is 0.107 e. The molecule has 0 spiro atoms. The Bertz CT molecular complexity index is 625. The summed E-state index contributed by atoms with van der Waals surface area (Å²) in [4.78, 5) is 4.58. The zero-order valence-corrected chi connectivity index (χ0v) is 15.9. The maximum atomic E-state index is 10.6. The minimum Gasteiger partial charge on any atom is -0.378 e. The highest BCUT2D eigenvalue weighted by Gasteiger charge is 2.21. The molecule has 0 amide bonds. The third-order valence-corrected chi connectivity index (χ3v) is 5.55. The summed E-state index contributed by atoms with van der Waals surface area (Å²) in [6.07, 6.45) is 5.27. The summed E-state index contributed by atoms with van der Waals surface area (Å²) in [5.41, 5.74) is 2.60. The molecule has 0 aliphatic carbocycles. The Morgan fingerprint density at radius 1 is 0.885 bits per heavy atom. The Labute approximate surface area is 158 Å². The lowest BCUT2D eigenvalue weighted by molar-refractivity contribution is -0.0155. The van der Waals surface area contributed by atoms with Crippen LogP contribution in [0, 0.1) is 0 Å². The van der Waals surface area contributed by atoms with Gasteiger partial charge in [-0.15, -0.1) is 0 Å². The molecule has 1 aliphatic rings. The van der Waals surface area contributed by atoms with E-state index in [1.807, 2.05) is 0 Å². The number of anilines is 1. The highest BCUT2D eigenvalue weighted by Crippen LogP contribution is 2.26. The number of rotatable bonds is 8. The van der Waals surface area contributed by atoms with Crippen molar-refractivity contribution in [1.29, 1.82) is 0 Å². The van der Waals surface area contributed by atoms with Crippen LogP contribution < -0.4 is 4.90 Å². The van der Waals surface area contributed by atoms with Gasteiger partial charge in [-0.1, -0.05) is 55.0 Å². The van der Waals surface area contributed by atoms with Crippen molar-refractivity contribution in [1.82, 2.24) is 4.90 Å². The predicted octanol–water partition coefficient (Wildman–Crippen LogP) is 4.49. The minimum absolute atomic E-state index is 0.302. The fourth-order valence-electron chi connectivity index (χ4n) is 3.96. The standard InChI is InChI=1S/C23H32N2O/c1-24(22-13-7-3-8-14-22)19-21(20-11-5-2-6-12-20)15-16-23(26)25-17-9-4-10-18-25/h2-3,5-8,11-14,21,23,26H,4,9-10,15-19H2,1H3. The van der Waals surface area contributed by atoms with Crippen LogP contribution in [0.3, 0.4) is 0 Å². The molecule has 2 atom stereocenters. The monoisotopic (exact) mass is 352 g/mol. The molecule has 0 saturated carbocycles. The largest absolute Gasteiger partial charge is 0.378 e. The second-order valence-corrected chi connectivity index (χ2v) is 7.48. The molecular weight excluding hydrogens is 320 g/mol. The van der Waals surface area contributed by atoms with Gasteiger partial charge in [0.1, 0.15) is 6.23 Å². The molecule has 3 heteroatoms. The van der Waals surface area contributed by atoms with Crippen molar-refractivity contribution in [3.63, 3.8) is 0 Å². The van der Waals surface area contributed by atoms with Crippen LogP contribution in [-0.4, -0.2) is 42.9 Å². The van der Waals surface area contributed by atoms with Crippen LogP contribution in [-0.2, 0) is 0 Å². The molecule has 3 nitrogen and oxygen atoms in total. The Hall–Kier alpha value is -1.84. The van der Waals surface area contributed by atoms with Crippen LogP contribution >= 0.6 is 0 Å². The van der Waals surface area contributed by atoms with Gasteiger partial charge in [-0.2, -0.15) is 0 Å². The Kier molecular flexibility index (Phi) is 7.10. The number of aliphatic hydroxyl groups excluding tert-OH is 1. The summed E-state index contributed by atoms with van der Waals surface area (Å²) >= 11 is 0. The Morgan fingerprint density at radius 2 is 1.50 bits per heavy atom. The molecule has 0 bridgehead atoms. The lowest BCUT2D eigenvalue weighted by atomic mass is 9.92. The fourth-order valence-corrected chi connectivity index (χ4v) is 3.96. The predicted molar refractivity (Wildman–Crippen MR) is 110 cm³/mol. The van der Waals surface area contributed by atoms with Gasteiger partial charge in [-0.05, 0) is 43.4 Å². The Balaban J connectivity index is 1.63. The molecule has 1 fully saturated rings. The van der Waals surface area contributed by atoms with Crippen molar-refractivity contribution in [3.05, 3.63) is 66.2 Å². The first-order valence-corrected chi connectivity index (χ1v) is 9.97. The number of para-hydroxylation sites is 1. The van der Waals surface area contributed by atoms with Crippen molar-refractivity contribution < 1.29 is 5.11 Å². The van der Waals surface area contributed by atoms with Gasteiger partial charge in [-0.3, -0.25) is 4.90 Å². The van der Waals surface area contributed by atoms with Gasteiger partial charge in [0.2, 0.25) is 0 Å². The van der Waals surface area contributed by atoms with Crippen molar-refractivity contribution in [2.24, 2.45) is 0 Å². The van der Waals surface area contributed by atoms with Gasteiger partial charge >= 0.3 is 0 Å². The molecule has 1 aliphatic heterocycles. The number of piperidine rings is 1. The Morgan fingerprint density at radius 3 is 2.15 bits per heavy atom. The first-order valence-electron chi connectivity index (χ1n) is 9.97. The number of benzene rings is 2. The summed E-state index contributed by atoms with van der Waals surface area (Å²) in [5.74, 6) is 0.417. The summed E-state index contributed by atoms with van der Waals surface area (Å²) < 4.78 is 0. The molecule has 2 unspecified atom stereocenters. The molecule has 140 valence electrons. The van der Waals surface area contributed by atoms with Crippen molar-refractivity contribution in [3.8, 4) is 0 Å². The average molecular weight is 353 g/mol. The molecule has 3 rings (SSSR count). The van der Waals surface area contributed by atoms with Crippen LogP contribution in [0.15, 0.2) is 60.7 Å². The summed E-state index contributed by atoms with van der Waals surface area (Å²) in [7, 11) is 2.16. The molecule has 1 saturated heterocycles. The zero-order valence-electron chi connectivity index (χ0n) is 15.9.